The van der Waals surface area contributed by atoms with Gasteiger partial charge in [-0.1, -0.05) is 65.4 Å². The number of allylic oxidation sites excluding steroid dienone is 1. The molecule has 0 saturated carbocycles. The second-order valence-electron chi connectivity index (χ2n) is 6.35. The molecule has 0 saturated heterocycles. The van der Waals surface area contributed by atoms with Gasteiger partial charge in [0.2, 0.25) is 0 Å². The quantitative estimate of drug-likeness (QED) is 0.370. The molecule has 0 spiro atoms. The highest BCUT2D eigenvalue weighted by Crippen LogP contribution is 2.32. The number of anilines is 1. The number of hydrogen-bond donors (Lipinski definition) is 1. The van der Waals surface area contributed by atoms with Crippen molar-refractivity contribution in [3.8, 4) is 11.3 Å². The number of halogens is 1. The lowest BCUT2D eigenvalue weighted by Crippen LogP contribution is -2.15. The molecule has 0 fully saturated rings. The molecule has 0 aliphatic rings. The summed E-state index contributed by atoms with van der Waals surface area (Å²) in [5, 5.41) is 4.25. The summed E-state index contributed by atoms with van der Waals surface area (Å²) in [5.41, 5.74) is 2.53. The van der Waals surface area contributed by atoms with Crippen molar-refractivity contribution in [2.75, 3.05) is 5.32 Å². The second-order valence-corrected chi connectivity index (χ2v) is 7.76. The van der Waals surface area contributed by atoms with Crippen molar-refractivity contribution in [1.29, 1.82) is 0 Å². The molecule has 5 nitrogen and oxygen atoms in total. The summed E-state index contributed by atoms with van der Waals surface area (Å²) in [4.78, 5) is 18.2. The molecule has 7 heteroatoms. The van der Waals surface area contributed by atoms with Crippen molar-refractivity contribution in [1.82, 2.24) is 4.57 Å². The zero-order valence-electron chi connectivity index (χ0n) is 15.9. The number of furan rings is 1. The molecule has 0 aliphatic carbocycles. The third-order valence-corrected chi connectivity index (χ3v) is 5.50. The van der Waals surface area contributed by atoms with Crippen molar-refractivity contribution in [3.63, 3.8) is 0 Å². The first-order chi connectivity index (χ1) is 14.7. The van der Waals surface area contributed by atoms with Crippen LogP contribution in [0.2, 0.25) is 5.02 Å². The van der Waals surface area contributed by atoms with E-state index in [1.54, 1.807) is 30.3 Å². The molecule has 4 aromatic rings. The summed E-state index contributed by atoms with van der Waals surface area (Å²) >= 11 is 7.50. The predicted octanol–water partition coefficient (Wildman–Crippen LogP) is 6.13. The molecule has 1 amide bonds. The summed E-state index contributed by atoms with van der Waals surface area (Å²) in [7, 11) is 0. The van der Waals surface area contributed by atoms with Gasteiger partial charge in [-0.15, -0.1) is 6.58 Å². The highest BCUT2D eigenvalue weighted by Gasteiger charge is 2.19. The maximum absolute atomic E-state index is 12.7. The van der Waals surface area contributed by atoms with E-state index in [0.29, 0.717) is 21.4 Å². The van der Waals surface area contributed by atoms with Gasteiger partial charge in [0, 0.05) is 17.1 Å². The molecular weight excluding hydrogens is 418 g/mol. The molecule has 0 aliphatic heterocycles. The van der Waals surface area contributed by atoms with Crippen LogP contribution in [0.4, 0.5) is 10.7 Å². The van der Waals surface area contributed by atoms with Crippen molar-refractivity contribution in [3.05, 3.63) is 101 Å². The Morgan fingerprint density at radius 2 is 2.00 bits per heavy atom. The molecule has 0 radical (unpaired) electrons. The SMILES string of the molecule is C=CCn1c(-c2ccccc2)c(NC(=O)c2ccco2)sc1=Nc1cccc(Cl)c1. The smallest absolute Gasteiger partial charge is 0.292 e. The molecule has 2 aromatic carbocycles. The van der Waals surface area contributed by atoms with E-state index in [4.69, 9.17) is 21.0 Å². The lowest BCUT2D eigenvalue weighted by molar-refractivity contribution is 0.0997. The topological polar surface area (TPSA) is 59.5 Å². The highest BCUT2D eigenvalue weighted by molar-refractivity contribution is 7.14. The summed E-state index contributed by atoms with van der Waals surface area (Å²) < 4.78 is 7.26. The molecule has 0 unspecified atom stereocenters. The van der Waals surface area contributed by atoms with Gasteiger partial charge in [0.1, 0.15) is 5.00 Å². The fraction of sp³-hybridized carbons (Fsp3) is 0.0435. The minimum absolute atomic E-state index is 0.242. The fourth-order valence-corrected chi connectivity index (χ4v) is 4.25. The van der Waals surface area contributed by atoms with Crippen LogP contribution in [-0.4, -0.2) is 10.5 Å². The average Bonchev–Trinajstić information content (AvgIpc) is 3.38. The van der Waals surface area contributed by atoms with E-state index in [2.05, 4.69) is 11.9 Å². The molecule has 1 N–H and O–H groups in total. The Hall–Kier alpha value is -3.35. The Bertz CT molecular complexity index is 1240. The van der Waals surface area contributed by atoms with Gasteiger partial charge < -0.3 is 14.3 Å². The molecule has 30 heavy (non-hydrogen) atoms. The van der Waals surface area contributed by atoms with E-state index in [-0.39, 0.29) is 11.7 Å². The van der Waals surface area contributed by atoms with E-state index < -0.39 is 0 Å². The summed E-state index contributed by atoms with van der Waals surface area (Å²) in [5.74, 6) is -0.0792. The van der Waals surface area contributed by atoms with E-state index in [1.165, 1.54) is 17.6 Å². The van der Waals surface area contributed by atoms with E-state index in [0.717, 1.165) is 16.9 Å². The first-order valence-corrected chi connectivity index (χ1v) is 10.4. The summed E-state index contributed by atoms with van der Waals surface area (Å²) in [6.07, 6.45) is 3.27. The van der Waals surface area contributed by atoms with Crippen molar-refractivity contribution < 1.29 is 9.21 Å². The van der Waals surface area contributed by atoms with E-state index >= 15 is 0 Å². The van der Waals surface area contributed by atoms with Gasteiger partial charge in [-0.05, 0) is 30.3 Å². The van der Waals surface area contributed by atoms with Crippen LogP contribution in [0.25, 0.3) is 11.3 Å². The zero-order valence-corrected chi connectivity index (χ0v) is 17.5. The van der Waals surface area contributed by atoms with Gasteiger partial charge >= 0.3 is 0 Å². The number of aromatic nitrogens is 1. The normalized spacial score (nSPS) is 11.4. The van der Waals surface area contributed by atoms with E-state index in [1.807, 2.05) is 47.0 Å². The van der Waals surface area contributed by atoms with Crippen LogP contribution >= 0.6 is 22.9 Å². The maximum Gasteiger partial charge on any atom is 0.292 e. The van der Waals surface area contributed by atoms with Crippen LogP contribution in [0.5, 0.6) is 0 Å². The largest absolute Gasteiger partial charge is 0.459 e. The van der Waals surface area contributed by atoms with Gasteiger partial charge in [0.25, 0.3) is 5.91 Å². The first-order valence-electron chi connectivity index (χ1n) is 9.21. The van der Waals surface area contributed by atoms with Crippen LogP contribution in [0.3, 0.4) is 0 Å². The number of benzene rings is 2. The maximum atomic E-state index is 12.7. The number of nitrogens with zero attached hydrogens (tertiary/aromatic N) is 2. The molecular formula is C23H18ClN3O2S. The molecule has 2 aromatic heterocycles. The minimum atomic E-state index is -0.321. The molecule has 0 atom stereocenters. The summed E-state index contributed by atoms with van der Waals surface area (Å²) in [6, 6.07) is 20.5. The van der Waals surface area contributed by atoms with Crippen LogP contribution in [0, 0.1) is 0 Å². The number of thiazole rings is 1. The van der Waals surface area contributed by atoms with Crippen LogP contribution in [0.1, 0.15) is 10.6 Å². The lowest BCUT2D eigenvalue weighted by Gasteiger charge is -2.10. The van der Waals surface area contributed by atoms with Crippen LogP contribution in [0.15, 0.2) is 95.1 Å². The van der Waals surface area contributed by atoms with E-state index in [9.17, 15) is 4.79 Å². The molecule has 0 bridgehead atoms. The van der Waals surface area contributed by atoms with Gasteiger partial charge in [0.05, 0.1) is 17.6 Å². The van der Waals surface area contributed by atoms with Gasteiger partial charge in [-0.3, -0.25) is 4.79 Å². The second kappa shape index (κ2) is 8.98. The number of nitrogens with one attached hydrogen (secondary N) is 1. The predicted molar refractivity (Wildman–Crippen MR) is 121 cm³/mol. The Labute approximate surface area is 182 Å². The Balaban J connectivity index is 1.89. The number of carbonyl (C=O) groups excluding carboxylic acids is 1. The zero-order chi connectivity index (χ0) is 20.9. The Morgan fingerprint density at radius 1 is 1.17 bits per heavy atom. The lowest BCUT2D eigenvalue weighted by atomic mass is 10.1. The van der Waals surface area contributed by atoms with Crippen LogP contribution < -0.4 is 10.1 Å². The Morgan fingerprint density at radius 3 is 2.70 bits per heavy atom. The van der Waals surface area contributed by atoms with Crippen molar-refractivity contribution in [2.24, 2.45) is 4.99 Å². The minimum Gasteiger partial charge on any atom is -0.459 e. The first kappa shape index (κ1) is 19.9. The standard InChI is InChI=1S/C23H18ClN3O2S/c1-2-13-27-20(16-8-4-3-5-9-16)22(26-21(28)19-12-7-14-29-19)30-23(27)25-18-11-6-10-17(24)15-18/h2-12,14-15H,1,13H2,(H,26,28). The third kappa shape index (κ3) is 4.30. The van der Waals surface area contributed by atoms with Gasteiger partial charge in [-0.25, -0.2) is 4.99 Å². The number of hydrogen-bond acceptors (Lipinski definition) is 4. The van der Waals surface area contributed by atoms with Crippen LogP contribution in [-0.2, 0) is 6.54 Å². The monoisotopic (exact) mass is 435 g/mol. The Kier molecular flexibility index (Phi) is 5.97. The average molecular weight is 436 g/mol. The third-order valence-electron chi connectivity index (χ3n) is 4.27. The number of carbonyl (C=O) groups is 1. The molecule has 4 rings (SSSR count). The molecule has 2 heterocycles. The summed E-state index contributed by atoms with van der Waals surface area (Å²) in [6.45, 7) is 4.41. The van der Waals surface area contributed by atoms with Crippen molar-refractivity contribution >= 4 is 39.5 Å². The van der Waals surface area contributed by atoms with Gasteiger partial charge in [-0.2, -0.15) is 0 Å². The van der Waals surface area contributed by atoms with Crippen molar-refractivity contribution in [2.45, 2.75) is 6.54 Å². The fourth-order valence-electron chi connectivity index (χ4n) is 2.99. The number of amides is 1. The molecule has 150 valence electrons. The highest BCUT2D eigenvalue weighted by atomic mass is 35.5. The van der Waals surface area contributed by atoms with Gasteiger partial charge in [0.15, 0.2) is 10.6 Å². The number of rotatable bonds is 6.